The molecule has 19 heavy (non-hydrogen) atoms. The van der Waals surface area contributed by atoms with Crippen LogP contribution in [0.15, 0.2) is 48.5 Å². The summed E-state index contributed by atoms with van der Waals surface area (Å²) in [6, 6.07) is 14.8. The standard InChI is InChI=1S/C15H16N2O2/c1-11-6-8-14(9-7-11)16-12(2)13-4-3-5-15(10-13)17(18)19/h3-10,12,16H,1-2H3. The molecular weight excluding hydrogens is 240 g/mol. The van der Waals surface area contributed by atoms with Crippen molar-refractivity contribution < 1.29 is 4.92 Å². The fraction of sp³-hybridized carbons (Fsp3) is 0.200. The molecule has 0 bridgehead atoms. The number of nitrogens with zero attached hydrogens (tertiary/aromatic N) is 1. The van der Waals surface area contributed by atoms with E-state index in [9.17, 15) is 10.1 Å². The predicted octanol–water partition coefficient (Wildman–Crippen LogP) is 4.08. The van der Waals surface area contributed by atoms with E-state index >= 15 is 0 Å². The van der Waals surface area contributed by atoms with Gasteiger partial charge in [-0.1, -0.05) is 29.8 Å². The maximum absolute atomic E-state index is 10.8. The molecule has 0 saturated carbocycles. The van der Waals surface area contributed by atoms with E-state index in [-0.39, 0.29) is 16.7 Å². The Labute approximate surface area is 112 Å². The summed E-state index contributed by atoms with van der Waals surface area (Å²) < 4.78 is 0. The van der Waals surface area contributed by atoms with Crippen molar-refractivity contribution in [3.05, 3.63) is 69.8 Å². The maximum Gasteiger partial charge on any atom is 0.269 e. The number of nitrogens with one attached hydrogen (secondary N) is 1. The number of hydrogen-bond donors (Lipinski definition) is 1. The van der Waals surface area contributed by atoms with Crippen LogP contribution in [0.4, 0.5) is 11.4 Å². The first-order chi connectivity index (χ1) is 9.06. The van der Waals surface area contributed by atoms with Crippen LogP contribution in [0.1, 0.15) is 24.1 Å². The first kappa shape index (κ1) is 13.1. The Hall–Kier alpha value is -2.36. The highest BCUT2D eigenvalue weighted by molar-refractivity contribution is 5.47. The Kier molecular flexibility index (Phi) is 3.80. The lowest BCUT2D eigenvalue weighted by Gasteiger charge is -2.15. The second-order valence-electron chi connectivity index (χ2n) is 4.58. The molecule has 4 heteroatoms. The van der Waals surface area contributed by atoms with Gasteiger partial charge in [-0.2, -0.15) is 0 Å². The molecule has 0 amide bonds. The van der Waals surface area contributed by atoms with Gasteiger partial charge >= 0.3 is 0 Å². The third-order valence-corrected chi connectivity index (χ3v) is 3.02. The quantitative estimate of drug-likeness (QED) is 0.662. The Morgan fingerprint density at radius 1 is 1.16 bits per heavy atom. The second-order valence-corrected chi connectivity index (χ2v) is 4.58. The van der Waals surface area contributed by atoms with Crippen LogP contribution in [-0.4, -0.2) is 4.92 Å². The van der Waals surface area contributed by atoms with E-state index < -0.39 is 0 Å². The molecule has 0 aliphatic rings. The molecule has 1 N–H and O–H groups in total. The van der Waals surface area contributed by atoms with Gasteiger partial charge in [0.25, 0.3) is 5.69 Å². The highest BCUT2D eigenvalue weighted by Gasteiger charge is 2.10. The first-order valence-electron chi connectivity index (χ1n) is 6.14. The SMILES string of the molecule is Cc1ccc(NC(C)c2cccc([N+](=O)[O-])c2)cc1. The van der Waals surface area contributed by atoms with E-state index in [1.54, 1.807) is 12.1 Å². The average Bonchev–Trinajstić information content (AvgIpc) is 2.41. The van der Waals surface area contributed by atoms with Crippen molar-refractivity contribution in [2.45, 2.75) is 19.9 Å². The van der Waals surface area contributed by atoms with Gasteiger partial charge in [0.05, 0.1) is 4.92 Å². The van der Waals surface area contributed by atoms with E-state index in [0.717, 1.165) is 11.3 Å². The summed E-state index contributed by atoms with van der Waals surface area (Å²) in [7, 11) is 0. The molecule has 2 aromatic carbocycles. The minimum atomic E-state index is -0.373. The monoisotopic (exact) mass is 256 g/mol. The molecule has 98 valence electrons. The minimum absolute atomic E-state index is 0.0163. The Morgan fingerprint density at radius 3 is 2.47 bits per heavy atom. The zero-order valence-electron chi connectivity index (χ0n) is 11.0. The second kappa shape index (κ2) is 5.52. The number of rotatable bonds is 4. The first-order valence-corrected chi connectivity index (χ1v) is 6.14. The molecule has 0 fully saturated rings. The van der Waals surface area contributed by atoms with Crippen molar-refractivity contribution in [1.82, 2.24) is 0 Å². The van der Waals surface area contributed by atoms with E-state index in [0.29, 0.717) is 0 Å². The number of non-ortho nitro benzene ring substituents is 1. The zero-order valence-corrected chi connectivity index (χ0v) is 11.0. The molecule has 0 saturated heterocycles. The van der Waals surface area contributed by atoms with E-state index in [1.165, 1.54) is 11.6 Å². The number of benzene rings is 2. The molecule has 0 aliphatic heterocycles. The summed E-state index contributed by atoms with van der Waals surface area (Å²) in [5.74, 6) is 0. The normalized spacial score (nSPS) is 11.9. The van der Waals surface area contributed by atoms with Crippen molar-refractivity contribution in [3.8, 4) is 0 Å². The highest BCUT2D eigenvalue weighted by atomic mass is 16.6. The fourth-order valence-electron chi connectivity index (χ4n) is 1.89. The molecule has 0 spiro atoms. The predicted molar refractivity (Wildman–Crippen MR) is 76.3 cm³/mol. The summed E-state index contributed by atoms with van der Waals surface area (Å²) >= 11 is 0. The maximum atomic E-state index is 10.8. The number of anilines is 1. The number of hydrogen-bond acceptors (Lipinski definition) is 3. The molecule has 4 nitrogen and oxygen atoms in total. The highest BCUT2D eigenvalue weighted by Crippen LogP contribution is 2.22. The van der Waals surface area contributed by atoms with Crippen LogP contribution in [0.25, 0.3) is 0 Å². The number of aryl methyl sites for hydroxylation is 1. The molecule has 1 atom stereocenters. The summed E-state index contributed by atoms with van der Waals surface area (Å²) in [6.45, 7) is 4.02. The lowest BCUT2D eigenvalue weighted by Crippen LogP contribution is -2.06. The third-order valence-electron chi connectivity index (χ3n) is 3.02. The van der Waals surface area contributed by atoms with Crippen LogP contribution in [0.5, 0.6) is 0 Å². The van der Waals surface area contributed by atoms with Gasteiger partial charge in [0.2, 0.25) is 0 Å². The Bertz CT molecular complexity index is 579. The van der Waals surface area contributed by atoms with Crippen molar-refractivity contribution >= 4 is 11.4 Å². The summed E-state index contributed by atoms with van der Waals surface area (Å²) in [4.78, 5) is 10.4. The van der Waals surface area contributed by atoms with E-state index in [4.69, 9.17) is 0 Å². The molecule has 2 rings (SSSR count). The molecule has 0 aliphatic carbocycles. The minimum Gasteiger partial charge on any atom is -0.379 e. The molecule has 0 radical (unpaired) electrons. The van der Waals surface area contributed by atoms with Crippen molar-refractivity contribution in [2.75, 3.05) is 5.32 Å². The van der Waals surface area contributed by atoms with Gasteiger partial charge in [0.15, 0.2) is 0 Å². The lowest BCUT2D eigenvalue weighted by molar-refractivity contribution is -0.384. The Morgan fingerprint density at radius 2 is 1.84 bits per heavy atom. The van der Waals surface area contributed by atoms with Gasteiger partial charge in [-0.25, -0.2) is 0 Å². The average molecular weight is 256 g/mol. The van der Waals surface area contributed by atoms with Gasteiger partial charge in [-0.15, -0.1) is 0 Å². The van der Waals surface area contributed by atoms with Crippen LogP contribution in [0.2, 0.25) is 0 Å². The van der Waals surface area contributed by atoms with Crippen LogP contribution < -0.4 is 5.32 Å². The number of nitro groups is 1. The fourth-order valence-corrected chi connectivity index (χ4v) is 1.89. The molecule has 1 unspecified atom stereocenters. The van der Waals surface area contributed by atoms with Crippen LogP contribution >= 0.6 is 0 Å². The van der Waals surface area contributed by atoms with Gasteiger partial charge in [0, 0.05) is 23.9 Å². The van der Waals surface area contributed by atoms with Crippen molar-refractivity contribution in [1.29, 1.82) is 0 Å². The topological polar surface area (TPSA) is 55.2 Å². The molecular formula is C15H16N2O2. The van der Waals surface area contributed by atoms with Gasteiger partial charge in [-0.3, -0.25) is 10.1 Å². The number of nitro benzene ring substituents is 1. The van der Waals surface area contributed by atoms with E-state index in [2.05, 4.69) is 5.32 Å². The van der Waals surface area contributed by atoms with Crippen LogP contribution in [-0.2, 0) is 0 Å². The summed E-state index contributed by atoms with van der Waals surface area (Å²) in [6.07, 6.45) is 0. The Balaban J connectivity index is 2.15. The van der Waals surface area contributed by atoms with Crippen LogP contribution in [0.3, 0.4) is 0 Å². The third kappa shape index (κ3) is 3.31. The van der Waals surface area contributed by atoms with Gasteiger partial charge in [0.1, 0.15) is 0 Å². The zero-order chi connectivity index (χ0) is 13.8. The van der Waals surface area contributed by atoms with Gasteiger partial charge < -0.3 is 5.32 Å². The van der Waals surface area contributed by atoms with Gasteiger partial charge in [-0.05, 0) is 31.5 Å². The largest absolute Gasteiger partial charge is 0.379 e. The lowest BCUT2D eigenvalue weighted by atomic mass is 10.1. The van der Waals surface area contributed by atoms with E-state index in [1.807, 2.05) is 44.2 Å². The summed E-state index contributed by atoms with van der Waals surface area (Å²) in [5.41, 5.74) is 3.22. The summed E-state index contributed by atoms with van der Waals surface area (Å²) in [5, 5.41) is 14.1. The van der Waals surface area contributed by atoms with Crippen molar-refractivity contribution in [3.63, 3.8) is 0 Å². The molecule has 0 heterocycles. The van der Waals surface area contributed by atoms with Crippen LogP contribution in [0, 0.1) is 17.0 Å². The smallest absolute Gasteiger partial charge is 0.269 e. The molecule has 0 aromatic heterocycles. The van der Waals surface area contributed by atoms with Crippen molar-refractivity contribution in [2.24, 2.45) is 0 Å². The molecule has 2 aromatic rings.